The summed E-state index contributed by atoms with van der Waals surface area (Å²) in [5.74, 6) is 0.398. The Balaban J connectivity index is 2.12. The molecular weight excluding hydrogens is 262 g/mol. The molecule has 0 aliphatic heterocycles. The number of amides is 1. The Labute approximate surface area is 128 Å². The molecule has 0 aromatic heterocycles. The maximum Gasteiger partial charge on any atom is 0.221 e. The minimum Gasteiger partial charge on any atom is -0.356 e. The summed E-state index contributed by atoms with van der Waals surface area (Å²) in [6.07, 6.45) is 1.36. The SMILES string of the molecule is CC(C)C(N)CC(=O)NCCCN(C)Cc1ccccc1. The van der Waals surface area contributed by atoms with Crippen molar-refractivity contribution >= 4 is 5.91 Å². The maximum atomic E-state index is 11.7. The molecule has 0 fully saturated rings. The minimum absolute atomic E-state index is 0.0502. The molecule has 0 aliphatic carbocycles. The first-order valence-electron chi connectivity index (χ1n) is 7.73. The van der Waals surface area contributed by atoms with E-state index >= 15 is 0 Å². The average molecular weight is 291 g/mol. The van der Waals surface area contributed by atoms with E-state index in [-0.39, 0.29) is 11.9 Å². The number of carbonyl (C=O) groups is 1. The molecule has 0 bridgehead atoms. The van der Waals surface area contributed by atoms with Crippen LogP contribution in [0.4, 0.5) is 0 Å². The lowest BCUT2D eigenvalue weighted by Gasteiger charge is -2.17. The molecule has 1 aromatic carbocycles. The molecule has 1 atom stereocenters. The highest BCUT2D eigenvalue weighted by Gasteiger charge is 2.12. The zero-order valence-electron chi connectivity index (χ0n) is 13.5. The zero-order chi connectivity index (χ0) is 15.7. The Hall–Kier alpha value is -1.39. The number of carbonyl (C=O) groups excluding carboxylic acids is 1. The van der Waals surface area contributed by atoms with Crippen LogP contribution in [0.25, 0.3) is 0 Å². The molecule has 4 heteroatoms. The normalized spacial score (nSPS) is 12.7. The van der Waals surface area contributed by atoms with Gasteiger partial charge in [0.05, 0.1) is 0 Å². The van der Waals surface area contributed by atoms with Gasteiger partial charge < -0.3 is 16.0 Å². The molecule has 0 heterocycles. The number of nitrogens with one attached hydrogen (secondary N) is 1. The fraction of sp³-hybridized carbons (Fsp3) is 0.588. The standard InChI is InChI=1S/C17H29N3O/c1-14(2)16(18)12-17(21)19-10-7-11-20(3)13-15-8-5-4-6-9-15/h4-6,8-9,14,16H,7,10-13,18H2,1-3H3,(H,19,21). The van der Waals surface area contributed by atoms with Gasteiger partial charge >= 0.3 is 0 Å². The molecule has 21 heavy (non-hydrogen) atoms. The van der Waals surface area contributed by atoms with E-state index in [1.54, 1.807) is 0 Å². The first-order valence-corrected chi connectivity index (χ1v) is 7.73. The van der Waals surface area contributed by atoms with Crippen molar-refractivity contribution in [3.63, 3.8) is 0 Å². The molecule has 0 aliphatic rings. The number of rotatable bonds is 9. The van der Waals surface area contributed by atoms with Crippen molar-refractivity contribution in [2.45, 2.75) is 39.3 Å². The molecule has 0 radical (unpaired) electrons. The van der Waals surface area contributed by atoms with E-state index in [2.05, 4.69) is 41.5 Å². The summed E-state index contributed by atoms with van der Waals surface area (Å²) in [4.78, 5) is 14.0. The van der Waals surface area contributed by atoms with Crippen molar-refractivity contribution in [1.29, 1.82) is 0 Å². The van der Waals surface area contributed by atoms with Crippen LogP contribution < -0.4 is 11.1 Å². The largest absolute Gasteiger partial charge is 0.356 e. The van der Waals surface area contributed by atoms with E-state index in [1.165, 1.54) is 5.56 Å². The van der Waals surface area contributed by atoms with Crippen molar-refractivity contribution in [3.8, 4) is 0 Å². The van der Waals surface area contributed by atoms with Crippen LogP contribution in [0.3, 0.4) is 0 Å². The predicted molar refractivity (Wildman–Crippen MR) is 87.8 cm³/mol. The van der Waals surface area contributed by atoms with Crippen molar-refractivity contribution in [2.24, 2.45) is 11.7 Å². The molecule has 3 N–H and O–H groups in total. The van der Waals surface area contributed by atoms with Gasteiger partial charge in [0.15, 0.2) is 0 Å². The molecular formula is C17H29N3O. The zero-order valence-corrected chi connectivity index (χ0v) is 13.5. The molecule has 118 valence electrons. The summed E-state index contributed by atoms with van der Waals surface area (Å²) in [6, 6.07) is 10.4. The molecule has 1 unspecified atom stereocenters. The third kappa shape index (κ3) is 7.83. The number of nitrogens with two attached hydrogens (primary N) is 1. The van der Waals surface area contributed by atoms with E-state index in [1.807, 2.05) is 19.9 Å². The Bertz CT molecular complexity index is 406. The first-order chi connectivity index (χ1) is 9.99. The van der Waals surface area contributed by atoms with Crippen LogP contribution in [-0.2, 0) is 11.3 Å². The van der Waals surface area contributed by atoms with Gasteiger partial charge in [-0.15, -0.1) is 0 Å². The van der Waals surface area contributed by atoms with Gasteiger partial charge in [0.1, 0.15) is 0 Å². The summed E-state index contributed by atoms with van der Waals surface area (Å²) in [5.41, 5.74) is 7.20. The molecule has 4 nitrogen and oxygen atoms in total. The monoisotopic (exact) mass is 291 g/mol. The van der Waals surface area contributed by atoms with Crippen LogP contribution in [-0.4, -0.2) is 37.0 Å². The van der Waals surface area contributed by atoms with Crippen LogP contribution in [0, 0.1) is 5.92 Å². The van der Waals surface area contributed by atoms with Gasteiger partial charge in [0.25, 0.3) is 0 Å². The summed E-state index contributed by atoms with van der Waals surface area (Å²) in [7, 11) is 2.10. The lowest BCUT2D eigenvalue weighted by Crippen LogP contribution is -2.35. The Morgan fingerprint density at radius 3 is 2.57 bits per heavy atom. The third-order valence-electron chi connectivity index (χ3n) is 3.61. The molecule has 1 rings (SSSR count). The smallest absolute Gasteiger partial charge is 0.221 e. The predicted octanol–water partition coefficient (Wildman–Crippen LogP) is 2.00. The fourth-order valence-electron chi connectivity index (χ4n) is 2.07. The third-order valence-corrected chi connectivity index (χ3v) is 3.61. The highest BCUT2D eigenvalue weighted by molar-refractivity contribution is 5.76. The lowest BCUT2D eigenvalue weighted by molar-refractivity contribution is -0.121. The fourth-order valence-corrected chi connectivity index (χ4v) is 2.07. The second kappa shape index (κ2) is 9.53. The van der Waals surface area contributed by atoms with Crippen molar-refractivity contribution in [1.82, 2.24) is 10.2 Å². The van der Waals surface area contributed by atoms with Gasteiger partial charge in [-0.2, -0.15) is 0 Å². The van der Waals surface area contributed by atoms with E-state index in [0.717, 1.165) is 19.5 Å². The van der Waals surface area contributed by atoms with Crippen LogP contribution >= 0.6 is 0 Å². The quantitative estimate of drug-likeness (QED) is 0.684. The van der Waals surface area contributed by atoms with Crippen LogP contribution in [0.1, 0.15) is 32.3 Å². The Morgan fingerprint density at radius 1 is 1.29 bits per heavy atom. The highest BCUT2D eigenvalue weighted by atomic mass is 16.1. The summed E-state index contributed by atoms with van der Waals surface area (Å²) >= 11 is 0. The highest BCUT2D eigenvalue weighted by Crippen LogP contribution is 2.03. The number of nitrogens with zero attached hydrogens (tertiary/aromatic N) is 1. The minimum atomic E-state index is -0.0502. The van der Waals surface area contributed by atoms with Gasteiger partial charge in [0, 0.05) is 25.6 Å². The molecule has 1 aromatic rings. The lowest BCUT2D eigenvalue weighted by atomic mass is 10.0. The van der Waals surface area contributed by atoms with E-state index < -0.39 is 0 Å². The molecule has 0 saturated carbocycles. The van der Waals surface area contributed by atoms with Crippen LogP contribution in [0.5, 0.6) is 0 Å². The van der Waals surface area contributed by atoms with E-state index in [9.17, 15) is 4.79 Å². The van der Waals surface area contributed by atoms with Crippen molar-refractivity contribution in [2.75, 3.05) is 20.1 Å². The summed E-state index contributed by atoms with van der Waals surface area (Å²) in [6.45, 7) is 6.69. The first kappa shape index (κ1) is 17.7. The van der Waals surface area contributed by atoms with Crippen LogP contribution in [0.2, 0.25) is 0 Å². The van der Waals surface area contributed by atoms with Gasteiger partial charge in [-0.3, -0.25) is 4.79 Å². The molecule has 0 saturated heterocycles. The summed E-state index contributed by atoms with van der Waals surface area (Å²) in [5, 5.41) is 2.94. The Morgan fingerprint density at radius 2 is 1.95 bits per heavy atom. The Kier molecular flexibility index (Phi) is 8.01. The maximum absolute atomic E-state index is 11.7. The van der Waals surface area contributed by atoms with E-state index in [4.69, 9.17) is 5.73 Å². The van der Waals surface area contributed by atoms with Gasteiger partial charge in [-0.25, -0.2) is 0 Å². The number of hydrogen-bond donors (Lipinski definition) is 2. The average Bonchev–Trinajstić information content (AvgIpc) is 2.44. The molecule has 0 spiro atoms. The van der Waals surface area contributed by atoms with Gasteiger partial charge in [0.2, 0.25) is 5.91 Å². The number of hydrogen-bond acceptors (Lipinski definition) is 3. The van der Waals surface area contributed by atoms with Crippen molar-refractivity contribution in [3.05, 3.63) is 35.9 Å². The van der Waals surface area contributed by atoms with Gasteiger partial charge in [-0.1, -0.05) is 44.2 Å². The second-order valence-electron chi connectivity index (χ2n) is 6.04. The molecule has 1 amide bonds. The summed E-state index contributed by atoms with van der Waals surface area (Å²) < 4.78 is 0. The van der Waals surface area contributed by atoms with Crippen LogP contribution in [0.15, 0.2) is 30.3 Å². The van der Waals surface area contributed by atoms with Crippen molar-refractivity contribution < 1.29 is 4.79 Å². The number of benzene rings is 1. The topological polar surface area (TPSA) is 58.4 Å². The van der Waals surface area contributed by atoms with E-state index in [0.29, 0.717) is 18.9 Å². The second-order valence-corrected chi connectivity index (χ2v) is 6.04. The van der Waals surface area contributed by atoms with Gasteiger partial charge in [-0.05, 0) is 31.5 Å².